The number of allylic oxidation sites excluding steroid dienone is 1. The molecule has 200 valence electrons. The van der Waals surface area contributed by atoms with Crippen LogP contribution in [0.2, 0.25) is 0 Å². The number of fused-ring (bicyclic) bond motifs is 1. The number of hydrogen-bond acceptors (Lipinski definition) is 7. The lowest BCUT2D eigenvalue weighted by atomic mass is 9.94. The number of carbonyl (C=O) groups excluding carboxylic acids is 1. The van der Waals surface area contributed by atoms with Gasteiger partial charge in [0, 0.05) is 11.4 Å². The maximum atomic E-state index is 13.7. The third-order valence-corrected chi connectivity index (χ3v) is 6.97. The van der Waals surface area contributed by atoms with Gasteiger partial charge in [0.05, 0.1) is 16.7 Å². The van der Waals surface area contributed by atoms with Gasteiger partial charge in [-0.25, -0.2) is 0 Å². The zero-order valence-electron chi connectivity index (χ0n) is 22.2. The van der Waals surface area contributed by atoms with Gasteiger partial charge in [0.25, 0.3) is 5.91 Å². The Hall–Kier alpha value is -4.18. The third-order valence-electron chi connectivity index (χ3n) is 6.38. The molecule has 39 heavy (non-hydrogen) atoms. The van der Waals surface area contributed by atoms with Crippen LogP contribution in [0.1, 0.15) is 42.1 Å². The number of nitrogens with zero attached hydrogens (tertiary/aromatic N) is 4. The number of anilines is 2. The van der Waals surface area contributed by atoms with Gasteiger partial charge in [0.1, 0.15) is 12.6 Å². The fourth-order valence-corrected chi connectivity index (χ4v) is 5.13. The van der Waals surface area contributed by atoms with Crippen LogP contribution in [0.15, 0.2) is 76.4 Å². The molecule has 1 amide bonds. The lowest BCUT2D eigenvalue weighted by Crippen LogP contribution is -2.31. The Bertz CT molecular complexity index is 1550. The lowest BCUT2D eigenvalue weighted by Gasteiger charge is -2.28. The molecule has 0 aliphatic carbocycles. The molecule has 9 nitrogen and oxygen atoms in total. The second kappa shape index (κ2) is 11.3. The Morgan fingerprint density at radius 3 is 2.59 bits per heavy atom. The van der Waals surface area contributed by atoms with E-state index >= 15 is 0 Å². The first-order valence-corrected chi connectivity index (χ1v) is 13.4. The number of tetrazole rings is 1. The fraction of sp³-hybridized carbons (Fsp3) is 0.241. The number of ether oxygens (including phenoxy) is 2. The van der Waals surface area contributed by atoms with Gasteiger partial charge >= 0.3 is 0 Å². The van der Waals surface area contributed by atoms with Gasteiger partial charge in [-0.3, -0.25) is 4.79 Å². The van der Waals surface area contributed by atoms with E-state index in [0.29, 0.717) is 52.1 Å². The Labute approximate surface area is 235 Å². The van der Waals surface area contributed by atoms with Crippen molar-refractivity contribution in [2.24, 2.45) is 0 Å². The quantitative estimate of drug-likeness (QED) is 0.262. The average molecular weight is 589 g/mol. The molecule has 5 rings (SSSR count). The molecule has 1 atom stereocenters. The molecule has 2 heterocycles. The van der Waals surface area contributed by atoms with Crippen LogP contribution in [0, 0.1) is 13.8 Å². The van der Waals surface area contributed by atoms with Crippen LogP contribution >= 0.6 is 15.9 Å². The highest BCUT2D eigenvalue weighted by Gasteiger charge is 2.35. The van der Waals surface area contributed by atoms with Crippen LogP contribution in [0.4, 0.5) is 11.6 Å². The van der Waals surface area contributed by atoms with Crippen LogP contribution in [-0.2, 0) is 11.4 Å². The first-order chi connectivity index (χ1) is 18.8. The molecule has 4 aromatic rings. The number of rotatable bonds is 8. The minimum absolute atomic E-state index is 0.260. The Balaban J connectivity index is 1.52. The van der Waals surface area contributed by atoms with E-state index in [4.69, 9.17) is 9.47 Å². The monoisotopic (exact) mass is 588 g/mol. The first kappa shape index (κ1) is 26.4. The van der Waals surface area contributed by atoms with Crippen molar-refractivity contribution in [2.75, 3.05) is 17.2 Å². The van der Waals surface area contributed by atoms with E-state index in [1.165, 1.54) is 0 Å². The molecular formula is C29H29BrN6O3. The normalized spacial score (nSPS) is 14.4. The van der Waals surface area contributed by atoms with Crippen LogP contribution in [0.25, 0.3) is 0 Å². The number of carbonyl (C=O) groups is 1. The Morgan fingerprint density at radius 2 is 1.85 bits per heavy atom. The van der Waals surface area contributed by atoms with Gasteiger partial charge in [0.15, 0.2) is 11.5 Å². The highest BCUT2D eigenvalue weighted by molar-refractivity contribution is 9.10. The summed E-state index contributed by atoms with van der Waals surface area (Å²) >= 11 is 3.69. The average Bonchev–Trinajstić information content (AvgIpc) is 3.37. The summed E-state index contributed by atoms with van der Waals surface area (Å²) in [6, 6.07) is 19.0. The number of hydrogen-bond donors (Lipinski definition) is 2. The summed E-state index contributed by atoms with van der Waals surface area (Å²) in [5, 5.41) is 18.3. The van der Waals surface area contributed by atoms with E-state index in [-0.39, 0.29) is 5.91 Å². The molecule has 1 aliphatic heterocycles. The van der Waals surface area contributed by atoms with Gasteiger partial charge in [-0.05, 0) is 89.4 Å². The van der Waals surface area contributed by atoms with Crippen molar-refractivity contribution in [3.8, 4) is 11.5 Å². The molecule has 1 unspecified atom stereocenters. The van der Waals surface area contributed by atoms with Gasteiger partial charge in [0.2, 0.25) is 5.95 Å². The molecule has 0 radical (unpaired) electrons. The highest BCUT2D eigenvalue weighted by Crippen LogP contribution is 2.43. The van der Waals surface area contributed by atoms with E-state index in [9.17, 15) is 4.79 Å². The summed E-state index contributed by atoms with van der Waals surface area (Å²) < 4.78 is 14.5. The number of amides is 1. The number of halogens is 1. The maximum Gasteiger partial charge on any atom is 0.255 e. The van der Waals surface area contributed by atoms with E-state index in [1.54, 1.807) is 4.68 Å². The van der Waals surface area contributed by atoms with Gasteiger partial charge in [-0.1, -0.05) is 52.6 Å². The smallest absolute Gasteiger partial charge is 0.255 e. The van der Waals surface area contributed by atoms with Crippen molar-refractivity contribution in [3.63, 3.8) is 0 Å². The predicted molar refractivity (Wildman–Crippen MR) is 153 cm³/mol. The summed E-state index contributed by atoms with van der Waals surface area (Å²) in [6.45, 7) is 8.63. The number of aromatic nitrogens is 4. The predicted octanol–water partition coefficient (Wildman–Crippen LogP) is 5.96. The van der Waals surface area contributed by atoms with Crippen molar-refractivity contribution in [1.29, 1.82) is 0 Å². The van der Waals surface area contributed by atoms with Crippen molar-refractivity contribution in [2.45, 2.75) is 40.3 Å². The Morgan fingerprint density at radius 1 is 1.05 bits per heavy atom. The Kier molecular flexibility index (Phi) is 7.65. The van der Waals surface area contributed by atoms with E-state index in [2.05, 4.69) is 48.2 Å². The lowest BCUT2D eigenvalue weighted by molar-refractivity contribution is -0.113. The number of benzene rings is 3. The van der Waals surface area contributed by atoms with Crippen LogP contribution < -0.4 is 20.1 Å². The number of aryl methyl sites for hydroxylation is 2. The summed E-state index contributed by atoms with van der Waals surface area (Å²) in [7, 11) is 0. The van der Waals surface area contributed by atoms with Gasteiger partial charge in [-0.2, -0.15) is 4.68 Å². The zero-order chi connectivity index (χ0) is 27.5. The standard InChI is InChI=1S/C29H29BrN6O3/c1-5-38-24-15-21(14-23(30)27(24)39-16-20-8-6-7-18(3)13-20)26-25(19(4)31-29-33-34-35-36(26)29)28(37)32-22-11-9-17(2)10-12-22/h6-15,26H,5,16H2,1-4H3,(H,32,37)(H,31,33,35). The largest absolute Gasteiger partial charge is 0.490 e. The van der Waals surface area contributed by atoms with Gasteiger partial charge < -0.3 is 20.1 Å². The van der Waals surface area contributed by atoms with E-state index < -0.39 is 6.04 Å². The summed E-state index contributed by atoms with van der Waals surface area (Å²) in [6.07, 6.45) is 0. The van der Waals surface area contributed by atoms with Gasteiger partial charge in [-0.15, -0.1) is 0 Å². The van der Waals surface area contributed by atoms with Crippen molar-refractivity contribution in [3.05, 3.63) is 98.7 Å². The maximum absolute atomic E-state index is 13.7. The van der Waals surface area contributed by atoms with Crippen molar-refractivity contribution >= 4 is 33.5 Å². The molecule has 3 aromatic carbocycles. The summed E-state index contributed by atoms with van der Waals surface area (Å²) in [4.78, 5) is 13.7. The molecule has 0 fully saturated rings. The molecule has 1 aliphatic rings. The fourth-order valence-electron chi connectivity index (χ4n) is 4.56. The van der Waals surface area contributed by atoms with E-state index in [0.717, 1.165) is 22.3 Å². The molecular weight excluding hydrogens is 560 g/mol. The minimum Gasteiger partial charge on any atom is -0.490 e. The molecule has 2 N–H and O–H groups in total. The van der Waals surface area contributed by atoms with Crippen LogP contribution in [0.3, 0.4) is 0 Å². The second-order valence-corrected chi connectivity index (χ2v) is 10.2. The highest BCUT2D eigenvalue weighted by atomic mass is 79.9. The summed E-state index contributed by atoms with van der Waals surface area (Å²) in [5.74, 6) is 1.32. The van der Waals surface area contributed by atoms with Crippen molar-refractivity contribution < 1.29 is 14.3 Å². The topological polar surface area (TPSA) is 103 Å². The first-order valence-electron chi connectivity index (χ1n) is 12.6. The molecule has 0 bridgehead atoms. The second-order valence-electron chi connectivity index (χ2n) is 9.37. The molecule has 10 heteroatoms. The SMILES string of the molecule is CCOc1cc(C2C(C(=O)Nc3ccc(C)cc3)=C(C)Nc3nnnn32)cc(Br)c1OCc1cccc(C)c1. The molecule has 1 aromatic heterocycles. The molecule has 0 spiro atoms. The van der Waals surface area contributed by atoms with Crippen molar-refractivity contribution in [1.82, 2.24) is 20.2 Å². The zero-order valence-corrected chi connectivity index (χ0v) is 23.7. The molecule has 0 saturated carbocycles. The number of nitrogens with one attached hydrogen (secondary N) is 2. The van der Waals surface area contributed by atoms with Crippen LogP contribution in [-0.4, -0.2) is 32.7 Å². The van der Waals surface area contributed by atoms with Crippen LogP contribution in [0.5, 0.6) is 11.5 Å². The molecule has 0 saturated heterocycles. The third kappa shape index (κ3) is 5.65. The summed E-state index contributed by atoms with van der Waals surface area (Å²) in [5.41, 5.74) is 5.92. The minimum atomic E-state index is -0.608. The van der Waals surface area contributed by atoms with E-state index in [1.807, 2.05) is 82.3 Å².